The molecule has 0 spiro atoms. The van der Waals surface area contributed by atoms with Crippen molar-refractivity contribution >= 4 is 17.4 Å². The van der Waals surface area contributed by atoms with Crippen LogP contribution in [0.25, 0.3) is 0 Å². The molecule has 1 aromatic heterocycles. The number of rotatable bonds is 4. The Kier molecular flexibility index (Phi) is 4.41. The minimum absolute atomic E-state index is 0.0207. The van der Waals surface area contributed by atoms with Gasteiger partial charge in [0, 0.05) is 33.2 Å². The predicted molar refractivity (Wildman–Crippen MR) is 77.4 cm³/mol. The van der Waals surface area contributed by atoms with E-state index in [9.17, 15) is 14.9 Å². The first kappa shape index (κ1) is 15.2. The second kappa shape index (κ2) is 6.08. The number of carbonyl (C=O) groups is 1. The molecule has 0 bridgehead atoms. The zero-order chi connectivity index (χ0) is 15.6. The van der Waals surface area contributed by atoms with Gasteiger partial charge in [0.25, 0.3) is 0 Å². The monoisotopic (exact) mass is 296 g/mol. The van der Waals surface area contributed by atoms with Crippen LogP contribution in [0, 0.1) is 17.0 Å². The van der Waals surface area contributed by atoms with Crippen LogP contribution in [0.5, 0.6) is 0 Å². The van der Waals surface area contributed by atoms with Crippen molar-refractivity contribution in [3.8, 4) is 0 Å². The van der Waals surface area contributed by atoms with E-state index in [4.69, 9.17) is 0 Å². The lowest BCUT2D eigenvalue weighted by atomic mass is 10.1. The molecule has 1 unspecified atom stereocenters. The molecule has 1 atom stereocenters. The molecular weight excluding hydrogens is 276 g/mol. The molecule has 1 amide bonds. The lowest BCUT2D eigenvalue weighted by molar-refractivity contribution is -0.384. The summed E-state index contributed by atoms with van der Waals surface area (Å²) >= 11 is 0. The van der Waals surface area contributed by atoms with Gasteiger partial charge in [-0.2, -0.15) is 5.10 Å². The maximum absolute atomic E-state index is 12.0. The fourth-order valence-electron chi connectivity index (χ4n) is 2.64. The van der Waals surface area contributed by atoms with Crippen molar-refractivity contribution in [1.82, 2.24) is 20.4 Å². The van der Waals surface area contributed by atoms with Crippen LogP contribution in [-0.2, 0) is 11.3 Å². The average Bonchev–Trinajstić information content (AvgIpc) is 2.83. The highest BCUT2D eigenvalue weighted by Gasteiger charge is 2.36. The van der Waals surface area contributed by atoms with Gasteiger partial charge in [-0.1, -0.05) is 0 Å². The highest BCUT2D eigenvalue weighted by atomic mass is 16.6. The average molecular weight is 296 g/mol. The molecule has 9 nitrogen and oxygen atoms in total. The summed E-state index contributed by atoms with van der Waals surface area (Å²) in [6.45, 7) is 5.63. The van der Waals surface area contributed by atoms with Crippen LogP contribution in [0.3, 0.4) is 0 Å². The number of piperazine rings is 1. The summed E-state index contributed by atoms with van der Waals surface area (Å²) in [6, 6.07) is -0.483. The molecule has 2 N–H and O–H groups in total. The zero-order valence-electron chi connectivity index (χ0n) is 12.4. The summed E-state index contributed by atoms with van der Waals surface area (Å²) in [5, 5.41) is 21.3. The SMILES string of the molecule is CCn1nc(C)c([N+](=O)[O-])c1N1CCNCC1C(=O)NC. The van der Waals surface area contributed by atoms with Crippen molar-refractivity contribution in [2.24, 2.45) is 0 Å². The van der Waals surface area contributed by atoms with E-state index in [1.807, 2.05) is 6.92 Å². The lowest BCUT2D eigenvalue weighted by Crippen LogP contribution is -2.58. The Bertz CT molecular complexity index is 555. The Morgan fingerprint density at radius 1 is 1.62 bits per heavy atom. The maximum Gasteiger partial charge on any atom is 0.333 e. The predicted octanol–water partition coefficient (Wildman–Crippen LogP) is -0.356. The molecule has 1 aromatic rings. The number of aryl methyl sites for hydroxylation is 2. The third kappa shape index (κ3) is 2.68. The Balaban J connectivity index is 2.51. The van der Waals surface area contributed by atoms with E-state index in [-0.39, 0.29) is 11.6 Å². The van der Waals surface area contributed by atoms with Crippen molar-refractivity contribution in [2.45, 2.75) is 26.4 Å². The Morgan fingerprint density at radius 3 is 2.90 bits per heavy atom. The minimum atomic E-state index is -0.483. The molecule has 0 aromatic carbocycles. The second-order valence-corrected chi connectivity index (χ2v) is 4.86. The van der Waals surface area contributed by atoms with Crippen molar-refractivity contribution < 1.29 is 9.72 Å². The van der Waals surface area contributed by atoms with Gasteiger partial charge in [-0.05, 0) is 13.8 Å². The molecule has 1 aliphatic heterocycles. The molecule has 0 radical (unpaired) electrons. The number of hydrogen-bond donors (Lipinski definition) is 2. The van der Waals surface area contributed by atoms with Gasteiger partial charge in [0.1, 0.15) is 11.7 Å². The van der Waals surface area contributed by atoms with E-state index in [0.29, 0.717) is 37.7 Å². The largest absolute Gasteiger partial charge is 0.357 e. The number of amides is 1. The molecule has 2 rings (SSSR count). The molecule has 1 saturated heterocycles. The van der Waals surface area contributed by atoms with Gasteiger partial charge in [-0.3, -0.25) is 14.9 Å². The quantitative estimate of drug-likeness (QED) is 0.581. The van der Waals surface area contributed by atoms with Crippen LogP contribution >= 0.6 is 0 Å². The smallest absolute Gasteiger partial charge is 0.333 e. The Labute approximate surface area is 122 Å². The van der Waals surface area contributed by atoms with E-state index in [1.54, 1.807) is 23.6 Å². The van der Waals surface area contributed by atoms with E-state index in [0.717, 1.165) is 0 Å². The highest BCUT2D eigenvalue weighted by molar-refractivity contribution is 5.86. The first-order valence-corrected chi connectivity index (χ1v) is 6.92. The second-order valence-electron chi connectivity index (χ2n) is 4.86. The highest BCUT2D eigenvalue weighted by Crippen LogP contribution is 2.33. The van der Waals surface area contributed by atoms with Crippen LogP contribution in [0.4, 0.5) is 11.5 Å². The van der Waals surface area contributed by atoms with Crippen molar-refractivity contribution in [3.05, 3.63) is 15.8 Å². The molecule has 0 aliphatic carbocycles. The summed E-state index contributed by atoms with van der Waals surface area (Å²) in [6.07, 6.45) is 0. The zero-order valence-corrected chi connectivity index (χ0v) is 12.4. The molecule has 0 saturated carbocycles. The molecule has 116 valence electrons. The summed E-state index contributed by atoms with van der Waals surface area (Å²) in [5.74, 6) is 0.244. The number of likely N-dealkylation sites (N-methyl/N-ethyl adjacent to an activating group) is 1. The number of nitro groups is 1. The Morgan fingerprint density at radius 2 is 2.33 bits per heavy atom. The Hall–Kier alpha value is -2.16. The molecule has 21 heavy (non-hydrogen) atoms. The van der Waals surface area contributed by atoms with Crippen molar-refractivity contribution in [3.63, 3.8) is 0 Å². The van der Waals surface area contributed by atoms with E-state index < -0.39 is 11.0 Å². The number of aromatic nitrogens is 2. The number of nitrogens with one attached hydrogen (secondary N) is 2. The maximum atomic E-state index is 12.0. The number of nitrogens with zero attached hydrogens (tertiary/aromatic N) is 4. The van der Waals surface area contributed by atoms with Crippen LogP contribution < -0.4 is 15.5 Å². The summed E-state index contributed by atoms with van der Waals surface area (Å²) in [7, 11) is 1.56. The standard InChI is InChI=1S/C12H20N6O3/c1-4-17-12(10(18(20)21)8(2)15-17)16-6-5-14-7-9(16)11(19)13-3/h9,14H,4-7H2,1-3H3,(H,13,19). The third-order valence-electron chi connectivity index (χ3n) is 3.62. The topological polar surface area (TPSA) is 105 Å². The summed E-state index contributed by atoms with van der Waals surface area (Å²) < 4.78 is 1.59. The minimum Gasteiger partial charge on any atom is -0.357 e. The van der Waals surface area contributed by atoms with E-state index >= 15 is 0 Å². The van der Waals surface area contributed by atoms with Gasteiger partial charge < -0.3 is 15.5 Å². The first-order chi connectivity index (χ1) is 10.0. The van der Waals surface area contributed by atoms with Gasteiger partial charge in [0.05, 0.1) is 4.92 Å². The molecule has 1 aliphatic rings. The number of anilines is 1. The first-order valence-electron chi connectivity index (χ1n) is 6.92. The summed E-state index contributed by atoms with van der Waals surface area (Å²) in [4.78, 5) is 24.8. The van der Waals surface area contributed by atoms with Crippen LogP contribution in [0.1, 0.15) is 12.6 Å². The van der Waals surface area contributed by atoms with Gasteiger partial charge in [-0.25, -0.2) is 4.68 Å². The number of carbonyl (C=O) groups excluding carboxylic acids is 1. The van der Waals surface area contributed by atoms with E-state index in [2.05, 4.69) is 15.7 Å². The van der Waals surface area contributed by atoms with E-state index in [1.165, 1.54) is 0 Å². The van der Waals surface area contributed by atoms with Crippen LogP contribution in [0.2, 0.25) is 0 Å². The molecule has 1 fully saturated rings. The van der Waals surface area contributed by atoms with Crippen LogP contribution in [-0.4, -0.2) is 53.3 Å². The van der Waals surface area contributed by atoms with Gasteiger partial charge in [0.15, 0.2) is 0 Å². The van der Waals surface area contributed by atoms with Crippen molar-refractivity contribution in [2.75, 3.05) is 31.6 Å². The van der Waals surface area contributed by atoms with Crippen LogP contribution in [0.15, 0.2) is 0 Å². The normalized spacial score (nSPS) is 18.6. The fraction of sp³-hybridized carbons (Fsp3) is 0.667. The van der Waals surface area contributed by atoms with Gasteiger partial charge in [-0.15, -0.1) is 0 Å². The summed E-state index contributed by atoms with van der Waals surface area (Å²) in [5.41, 5.74) is 0.346. The number of hydrogen-bond acceptors (Lipinski definition) is 6. The molecular formula is C12H20N6O3. The third-order valence-corrected chi connectivity index (χ3v) is 3.62. The van der Waals surface area contributed by atoms with Crippen molar-refractivity contribution in [1.29, 1.82) is 0 Å². The molecule has 2 heterocycles. The fourth-order valence-corrected chi connectivity index (χ4v) is 2.64. The van der Waals surface area contributed by atoms with Gasteiger partial charge >= 0.3 is 5.69 Å². The van der Waals surface area contributed by atoms with Gasteiger partial charge in [0.2, 0.25) is 11.7 Å². The lowest BCUT2D eigenvalue weighted by Gasteiger charge is -2.35. The molecule has 9 heteroatoms.